The minimum atomic E-state index is -1.05. The molecule has 0 aromatic heterocycles. The van der Waals surface area contributed by atoms with E-state index in [1.165, 1.54) is 0 Å². The van der Waals surface area contributed by atoms with Crippen molar-refractivity contribution in [1.82, 2.24) is 5.32 Å². The summed E-state index contributed by atoms with van der Waals surface area (Å²) in [6.07, 6.45) is 0.386. The highest BCUT2D eigenvalue weighted by molar-refractivity contribution is 5.87. The molecule has 5 heteroatoms. The van der Waals surface area contributed by atoms with E-state index in [0.29, 0.717) is 6.42 Å². The molecule has 0 saturated heterocycles. The highest BCUT2D eigenvalue weighted by Crippen LogP contribution is 2.05. The van der Waals surface area contributed by atoms with Crippen molar-refractivity contribution in [2.75, 3.05) is 0 Å². The van der Waals surface area contributed by atoms with E-state index in [4.69, 9.17) is 10.8 Å². The molecular formula is C14H20N2O3. The third-order valence-electron chi connectivity index (χ3n) is 2.87. The molecule has 0 spiro atoms. The Balaban J connectivity index is 2.60. The second-order valence-corrected chi connectivity index (χ2v) is 4.86. The van der Waals surface area contributed by atoms with Crippen LogP contribution in [0, 0.1) is 5.92 Å². The van der Waals surface area contributed by atoms with Crippen LogP contribution in [-0.2, 0) is 16.0 Å². The first kappa shape index (κ1) is 15.2. The van der Waals surface area contributed by atoms with Crippen LogP contribution in [0.5, 0.6) is 0 Å². The zero-order valence-electron chi connectivity index (χ0n) is 11.2. The summed E-state index contributed by atoms with van der Waals surface area (Å²) in [5.74, 6) is -1.68. The first-order valence-electron chi connectivity index (χ1n) is 6.24. The molecule has 4 N–H and O–H groups in total. The first-order valence-corrected chi connectivity index (χ1v) is 6.24. The van der Waals surface area contributed by atoms with Crippen molar-refractivity contribution in [2.45, 2.75) is 32.4 Å². The summed E-state index contributed by atoms with van der Waals surface area (Å²) in [7, 11) is 0. The van der Waals surface area contributed by atoms with Crippen molar-refractivity contribution >= 4 is 11.9 Å². The van der Waals surface area contributed by atoms with Gasteiger partial charge in [-0.05, 0) is 17.9 Å². The standard InChI is InChI=1S/C14H20N2O3/c1-9(2)12(14(18)19)16-13(17)11(15)8-10-6-4-3-5-7-10/h3-7,9,11-12H,8,15H2,1-2H3,(H,16,17)(H,18,19). The van der Waals surface area contributed by atoms with Gasteiger partial charge in [0.2, 0.25) is 5.91 Å². The molecule has 0 aliphatic heterocycles. The van der Waals surface area contributed by atoms with Crippen LogP contribution in [0.4, 0.5) is 0 Å². The van der Waals surface area contributed by atoms with Gasteiger partial charge in [-0.25, -0.2) is 4.79 Å². The summed E-state index contributed by atoms with van der Waals surface area (Å²) < 4.78 is 0. The molecule has 0 bridgehead atoms. The zero-order chi connectivity index (χ0) is 14.4. The highest BCUT2D eigenvalue weighted by atomic mass is 16.4. The lowest BCUT2D eigenvalue weighted by molar-refractivity contribution is -0.143. The van der Waals surface area contributed by atoms with E-state index in [-0.39, 0.29) is 5.92 Å². The summed E-state index contributed by atoms with van der Waals surface area (Å²) in [4.78, 5) is 22.9. The normalized spacial score (nSPS) is 13.9. The van der Waals surface area contributed by atoms with Crippen LogP contribution >= 0.6 is 0 Å². The average molecular weight is 264 g/mol. The van der Waals surface area contributed by atoms with E-state index in [1.807, 2.05) is 30.3 Å². The second kappa shape index (κ2) is 6.89. The van der Waals surface area contributed by atoms with Crippen LogP contribution in [0.3, 0.4) is 0 Å². The Morgan fingerprint density at radius 2 is 1.84 bits per heavy atom. The van der Waals surface area contributed by atoms with Gasteiger partial charge in [-0.1, -0.05) is 44.2 Å². The van der Waals surface area contributed by atoms with Crippen LogP contribution in [0.25, 0.3) is 0 Å². The fourth-order valence-corrected chi connectivity index (χ4v) is 1.73. The summed E-state index contributed by atoms with van der Waals surface area (Å²) in [6.45, 7) is 3.48. The number of amides is 1. The van der Waals surface area contributed by atoms with Gasteiger partial charge in [-0.3, -0.25) is 4.79 Å². The number of hydrogen-bond donors (Lipinski definition) is 3. The fourth-order valence-electron chi connectivity index (χ4n) is 1.73. The second-order valence-electron chi connectivity index (χ2n) is 4.86. The van der Waals surface area contributed by atoms with Crippen LogP contribution in [0.15, 0.2) is 30.3 Å². The molecule has 1 aromatic carbocycles. The molecule has 0 radical (unpaired) electrons. The SMILES string of the molecule is CC(C)C(NC(=O)C(N)Cc1ccccc1)C(=O)O. The molecule has 0 fully saturated rings. The van der Waals surface area contributed by atoms with Gasteiger partial charge >= 0.3 is 5.97 Å². The van der Waals surface area contributed by atoms with E-state index in [2.05, 4.69) is 5.32 Å². The molecule has 0 saturated carbocycles. The predicted octanol–water partition coefficient (Wildman–Crippen LogP) is 0.782. The number of nitrogens with two attached hydrogens (primary N) is 1. The Morgan fingerprint density at radius 1 is 1.26 bits per heavy atom. The van der Waals surface area contributed by atoms with E-state index in [0.717, 1.165) is 5.56 Å². The third kappa shape index (κ3) is 4.71. The van der Waals surface area contributed by atoms with Crippen LogP contribution in [0.1, 0.15) is 19.4 Å². The maximum absolute atomic E-state index is 11.9. The van der Waals surface area contributed by atoms with Crippen molar-refractivity contribution < 1.29 is 14.7 Å². The number of carbonyl (C=O) groups is 2. The molecule has 2 atom stereocenters. The molecule has 1 amide bonds. The topological polar surface area (TPSA) is 92.4 Å². The van der Waals surface area contributed by atoms with Crippen molar-refractivity contribution in [3.05, 3.63) is 35.9 Å². The zero-order valence-corrected chi connectivity index (χ0v) is 11.2. The number of carboxylic acids is 1. The molecular weight excluding hydrogens is 244 g/mol. The lowest BCUT2D eigenvalue weighted by Gasteiger charge is -2.20. The Bertz CT molecular complexity index is 432. The van der Waals surface area contributed by atoms with Gasteiger partial charge in [0.1, 0.15) is 6.04 Å². The summed E-state index contributed by atoms with van der Waals surface area (Å²) in [5, 5.41) is 11.5. The van der Waals surface area contributed by atoms with E-state index >= 15 is 0 Å². The molecule has 2 unspecified atom stereocenters. The molecule has 0 aliphatic carbocycles. The molecule has 0 aliphatic rings. The van der Waals surface area contributed by atoms with Crippen molar-refractivity contribution in [3.63, 3.8) is 0 Å². The molecule has 104 valence electrons. The molecule has 19 heavy (non-hydrogen) atoms. The Labute approximate surface area is 112 Å². The number of rotatable bonds is 6. The van der Waals surface area contributed by atoms with Gasteiger partial charge in [0, 0.05) is 0 Å². The lowest BCUT2D eigenvalue weighted by atomic mass is 10.0. The van der Waals surface area contributed by atoms with Crippen LogP contribution < -0.4 is 11.1 Å². The van der Waals surface area contributed by atoms with Crippen molar-refractivity contribution in [3.8, 4) is 0 Å². The summed E-state index contributed by atoms with van der Waals surface area (Å²) >= 11 is 0. The monoisotopic (exact) mass is 264 g/mol. The highest BCUT2D eigenvalue weighted by Gasteiger charge is 2.25. The average Bonchev–Trinajstić information content (AvgIpc) is 2.35. The first-order chi connectivity index (χ1) is 8.91. The minimum Gasteiger partial charge on any atom is -0.480 e. The van der Waals surface area contributed by atoms with E-state index < -0.39 is 24.0 Å². The number of nitrogens with one attached hydrogen (secondary N) is 1. The maximum atomic E-state index is 11.9. The molecule has 1 rings (SSSR count). The van der Waals surface area contributed by atoms with Gasteiger partial charge in [-0.15, -0.1) is 0 Å². The van der Waals surface area contributed by atoms with Crippen molar-refractivity contribution in [1.29, 1.82) is 0 Å². The number of benzene rings is 1. The van der Waals surface area contributed by atoms with Crippen LogP contribution in [-0.4, -0.2) is 29.1 Å². The van der Waals surface area contributed by atoms with Crippen LogP contribution in [0.2, 0.25) is 0 Å². The molecule has 1 aromatic rings. The number of aliphatic carboxylic acids is 1. The van der Waals surface area contributed by atoms with E-state index in [1.54, 1.807) is 13.8 Å². The number of hydrogen-bond acceptors (Lipinski definition) is 3. The fraction of sp³-hybridized carbons (Fsp3) is 0.429. The summed E-state index contributed by atoms with van der Waals surface area (Å²) in [6, 6.07) is 7.72. The Hall–Kier alpha value is -1.88. The number of carboxylic acid groups (broad SMARTS) is 1. The van der Waals surface area contributed by atoms with Gasteiger partial charge in [-0.2, -0.15) is 0 Å². The number of carbonyl (C=O) groups excluding carboxylic acids is 1. The van der Waals surface area contributed by atoms with Crippen molar-refractivity contribution in [2.24, 2.45) is 11.7 Å². The largest absolute Gasteiger partial charge is 0.480 e. The molecule has 0 heterocycles. The van der Waals surface area contributed by atoms with Gasteiger partial charge in [0.15, 0.2) is 0 Å². The maximum Gasteiger partial charge on any atom is 0.326 e. The smallest absolute Gasteiger partial charge is 0.326 e. The lowest BCUT2D eigenvalue weighted by Crippen LogP contribution is -2.51. The predicted molar refractivity (Wildman–Crippen MR) is 72.5 cm³/mol. The molecule has 5 nitrogen and oxygen atoms in total. The third-order valence-corrected chi connectivity index (χ3v) is 2.87. The van der Waals surface area contributed by atoms with Gasteiger partial charge in [0.25, 0.3) is 0 Å². The Kier molecular flexibility index (Phi) is 5.51. The van der Waals surface area contributed by atoms with Gasteiger partial charge in [0.05, 0.1) is 6.04 Å². The minimum absolute atomic E-state index is 0.189. The quantitative estimate of drug-likeness (QED) is 0.708. The Morgan fingerprint density at radius 3 is 2.32 bits per heavy atom. The summed E-state index contributed by atoms with van der Waals surface area (Å²) in [5.41, 5.74) is 6.74. The van der Waals surface area contributed by atoms with Gasteiger partial charge < -0.3 is 16.2 Å². The van der Waals surface area contributed by atoms with E-state index in [9.17, 15) is 9.59 Å².